The van der Waals surface area contributed by atoms with Crippen LogP contribution >= 0.6 is 0 Å². The predicted molar refractivity (Wildman–Crippen MR) is 84.3 cm³/mol. The summed E-state index contributed by atoms with van der Waals surface area (Å²) in [5, 5.41) is 0. The normalized spacial score (nSPS) is 19.4. The van der Waals surface area contributed by atoms with E-state index in [1.807, 2.05) is 30.0 Å². The molecule has 21 heavy (non-hydrogen) atoms. The van der Waals surface area contributed by atoms with Crippen molar-refractivity contribution in [2.75, 3.05) is 6.54 Å². The summed E-state index contributed by atoms with van der Waals surface area (Å²) in [5.41, 5.74) is 5.58. The highest BCUT2D eigenvalue weighted by Gasteiger charge is 2.28. The molecule has 1 aromatic carbocycles. The van der Waals surface area contributed by atoms with Crippen LogP contribution in [0.2, 0.25) is 0 Å². The van der Waals surface area contributed by atoms with Crippen LogP contribution in [0.5, 0.6) is 0 Å². The zero-order valence-corrected chi connectivity index (χ0v) is 13.0. The van der Waals surface area contributed by atoms with Crippen LogP contribution in [0.1, 0.15) is 43.4 Å². The molecule has 1 aliphatic heterocycles. The Hall–Kier alpha value is -2.10. The lowest BCUT2D eigenvalue weighted by molar-refractivity contribution is 0.0695. The molecule has 110 valence electrons. The van der Waals surface area contributed by atoms with Gasteiger partial charge < -0.3 is 9.88 Å². The van der Waals surface area contributed by atoms with E-state index in [9.17, 15) is 4.79 Å². The number of imidazole rings is 1. The Labute approximate surface area is 124 Å². The Morgan fingerprint density at radius 3 is 2.81 bits per heavy atom. The topological polar surface area (TPSA) is 49.0 Å². The number of hydrogen-bond donors (Lipinski definition) is 1. The average Bonchev–Trinajstić information content (AvgIpc) is 2.90. The number of aryl methyl sites for hydroxylation is 1. The van der Waals surface area contributed by atoms with E-state index in [-0.39, 0.29) is 11.9 Å². The zero-order chi connectivity index (χ0) is 15.1. The van der Waals surface area contributed by atoms with Gasteiger partial charge in [0.2, 0.25) is 0 Å². The van der Waals surface area contributed by atoms with Crippen LogP contribution in [0, 0.1) is 6.92 Å². The number of para-hydroxylation sites is 1. The van der Waals surface area contributed by atoms with Crippen molar-refractivity contribution < 1.29 is 4.79 Å². The summed E-state index contributed by atoms with van der Waals surface area (Å²) in [6.45, 7) is 9.13. The molecule has 1 amide bonds. The Balaban J connectivity index is 1.96. The largest absolute Gasteiger partial charge is 0.334 e. The van der Waals surface area contributed by atoms with Gasteiger partial charge in [0.15, 0.2) is 5.82 Å². The van der Waals surface area contributed by atoms with Gasteiger partial charge in [-0.05, 0) is 45.7 Å². The fourth-order valence-corrected chi connectivity index (χ4v) is 2.96. The summed E-state index contributed by atoms with van der Waals surface area (Å²) in [7, 11) is 0. The van der Waals surface area contributed by atoms with Gasteiger partial charge in [0, 0.05) is 6.54 Å². The van der Waals surface area contributed by atoms with E-state index in [0.717, 1.165) is 29.6 Å². The summed E-state index contributed by atoms with van der Waals surface area (Å²) >= 11 is 0. The zero-order valence-electron chi connectivity index (χ0n) is 13.0. The maximum atomic E-state index is 12.8. The van der Waals surface area contributed by atoms with E-state index in [4.69, 9.17) is 0 Å². The molecule has 0 bridgehead atoms. The van der Waals surface area contributed by atoms with Crippen molar-refractivity contribution in [1.82, 2.24) is 14.9 Å². The van der Waals surface area contributed by atoms with Gasteiger partial charge in [-0.3, -0.25) is 4.79 Å². The van der Waals surface area contributed by atoms with Crippen LogP contribution in [0.25, 0.3) is 11.0 Å². The summed E-state index contributed by atoms with van der Waals surface area (Å²) in [5.74, 6) is 0.434. The molecule has 3 rings (SSSR count). The Morgan fingerprint density at radius 2 is 2.10 bits per heavy atom. The number of rotatable bonds is 1. The van der Waals surface area contributed by atoms with Crippen molar-refractivity contribution in [2.45, 2.75) is 40.2 Å². The molecular formula is C17H21N3O. The molecule has 0 saturated carbocycles. The molecule has 1 aliphatic rings. The minimum Gasteiger partial charge on any atom is -0.334 e. The van der Waals surface area contributed by atoms with Gasteiger partial charge in [-0.1, -0.05) is 23.3 Å². The molecule has 0 radical (unpaired) electrons. The standard InChI is InChI=1S/C17H21N3O/c1-10-8-9-20(13(4)12(10)3)17(21)16-18-14-7-5-6-11(2)15(14)19-16/h5-7,13H,8-9H2,1-4H3,(H,18,19). The van der Waals surface area contributed by atoms with E-state index < -0.39 is 0 Å². The SMILES string of the molecule is CC1=C(C)C(C)N(C(=O)c2nc3c(C)cccc3[nH]2)CC1. The van der Waals surface area contributed by atoms with E-state index in [0.29, 0.717) is 5.82 Å². The highest BCUT2D eigenvalue weighted by Crippen LogP contribution is 2.25. The number of nitrogens with one attached hydrogen (secondary N) is 1. The third kappa shape index (κ3) is 2.24. The molecule has 4 heteroatoms. The number of carbonyl (C=O) groups excluding carboxylic acids is 1. The van der Waals surface area contributed by atoms with Crippen molar-refractivity contribution in [3.63, 3.8) is 0 Å². The summed E-state index contributed by atoms with van der Waals surface area (Å²) in [4.78, 5) is 22.3. The van der Waals surface area contributed by atoms with E-state index >= 15 is 0 Å². The van der Waals surface area contributed by atoms with E-state index in [1.54, 1.807) is 0 Å². The maximum absolute atomic E-state index is 12.8. The fourth-order valence-electron chi connectivity index (χ4n) is 2.96. The first-order chi connectivity index (χ1) is 9.99. The van der Waals surface area contributed by atoms with Crippen LogP contribution in [0.3, 0.4) is 0 Å². The summed E-state index contributed by atoms with van der Waals surface area (Å²) in [6, 6.07) is 6.09. The number of benzene rings is 1. The predicted octanol–water partition coefficient (Wildman–Crippen LogP) is 3.44. The van der Waals surface area contributed by atoms with Crippen molar-refractivity contribution in [3.8, 4) is 0 Å². The second kappa shape index (κ2) is 5.02. The van der Waals surface area contributed by atoms with Crippen molar-refractivity contribution >= 4 is 16.9 Å². The first-order valence-electron chi connectivity index (χ1n) is 7.41. The Morgan fingerprint density at radius 1 is 1.33 bits per heavy atom. The molecule has 1 aromatic heterocycles. The molecule has 2 heterocycles. The smallest absolute Gasteiger partial charge is 0.290 e. The molecule has 1 N–H and O–H groups in total. The molecule has 1 unspecified atom stereocenters. The van der Waals surface area contributed by atoms with Gasteiger partial charge in [-0.25, -0.2) is 4.98 Å². The van der Waals surface area contributed by atoms with Gasteiger partial charge in [0.1, 0.15) is 0 Å². The van der Waals surface area contributed by atoms with Crippen molar-refractivity contribution in [1.29, 1.82) is 0 Å². The number of H-pyrrole nitrogens is 1. The van der Waals surface area contributed by atoms with Crippen LogP contribution in [0.15, 0.2) is 29.3 Å². The lowest BCUT2D eigenvalue weighted by Gasteiger charge is -2.34. The van der Waals surface area contributed by atoms with Crippen LogP contribution in [0.4, 0.5) is 0 Å². The number of carbonyl (C=O) groups is 1. The number of amides is 1. The minimum atomic E-state index is -0.00931. The second-order valence-electron chi connectivity index (χ2n) is 5.94. The summed E-state index contributed by atoms with van der Waals surface area (Å²) < 4.78 is 0. The molecule has 0 spiro atoms. The third-order valence-corrected chi connectivity index (χ3v) is 4.67. The quantitative estimate of drug-likeness (QED) is 0.815. The number of nitrogens with zero attached hydrogens (tertiary/aromatic N) is 2. The Bertz CT molecular complexity index is 742. The van der Waals surface area contributed by atoms with Gasteiger partial charge >= 0.3 is 0 Å². The molecule has 0 saturated heterocycles. The second-order valence-corrected chi connectivity index (χ2v) is 5.94. The van der Waals surface area contributed by atoms with Crippen LogP contribution in [-0.2, 0) is 0 Å². The fraction of sp³-hybridized carbons (Fsp3) is 0.412. The average molecular weight is 283 g/mol. The minimum absolute atomic E-state index is 0.00931. The number of fused-ring (bicyclic) bond motifs is 1. The molecule has 4 nitrogen and oxygen atoms in total. The van der Waals surface area contributed by atoms with Crippen LogP contribution < -0.4 is 0 Å². The van der Waals surface area contributed by atoms with Crippen molar-refractivity contribution in [2.24, 2.45) is 0 Å². The summed E-state index contributed by atoms with van der Waals surface area (Å²) in [6.07, 6.45) is 0.946. The first-order valence-corrected chi connectivity index (χ1v) is 7.41. The molecule has 0 fully saturated rings. The van der Waals surface area contributed by atoms with Gasteiger partial charge in [-0.2, -0.15) is 0 Å². The molecule has 2 aromatic rings. The lowest BCUT2D eigenvalue weighted by atomic mass is 9.96. The van der Waals surface area contributed by atoms with E-state index in [1.165, 1.54) is 11.1 Å². The van der Waals surface area contributed by atoms with Gasteiger partial charge in [-0.15, -0.1) is 0 Å². The van der Waals surface area contributed by atoms with Crippen molar-refractivity contribution in [3.05, 3.63) is 40.7 Å². The highest BCUT2D eigenvalue weighted by atomic mass is 16.2. The number of hydrogen-bond acceptors (Lipinski definition) is 2. The van der Waals surface area contributed by atoms with E-state index in [2.05, 4.69) is 30.7 Å². The molecular weight excluding hydrogens is 262 g/mol. The van der Waals surface area contributed by atoms with Gasteiger partial charge in [0.25, 0.3) is 5.91 Å². The molecule has 0 aliphatic carbocycles. The highest BCUT2D eigenvalue weighted by molar-refractivity contribution is 5.95. The molecule has 1 atom stereocenters. The maximum Gasteiger partial charge on any atom is 0.290 e. The number of aromatic nitrogens is 2. The Kier molecular flexibility index (Phi) is 3.32. The van der Waals surface area contributed by atoms with Gasteiger partial charge in [0.05, 0.1) is 17.1 Å². The van der Waals surface area contributed by atoms with Crippen LogP contribution in [-0.4, -0.2) is 33.4 Å². The lowest BCUT2D eigenvalue weighted by Crippen LogP contribution is -2.43. The first kappa shape index (κ1) is 13.9. The third-order valence-electron chi connectivity index (χ3n) is 4.67. The number of aromatic amines is 1. The monoisotopic (exact) mass is 283 g/mol.